The van der Waals surface area contributed by atoms with Crippen molar-refractivity contribution in [2.75, 3.05) is 26.7 Å². The Labute approximate surface area is 89.8 Å². The van der Waals surface area contributed by atoms with Gasteiger partial charge in [-0.05, 0) is 20.9 Å². The van der Waals surface area contributed by atoms with Gasteiger partial charge in [0.15, 0.2) is 0 Å². The summed E-state index contributed by atoms with van der Waals surface area (Å²) in [6, 6.07) is 0. The van der Waals surface area contributed by atoms with Crippen molar-refractivity contribution in [1.29, 1.82) is 0 Å². The summed E-state index contributed by atoms with van der Waals surface area (Å²) in [7, 11) is 1.77. The molecule has 5 nitrogen and oxygen atoms in total. The van der Waals surface area contributed by atoms with Crippen molar-refractivity contribution in [1.82, 2.24) is 10.2 Å². The van der Waals surface area contributed by atoms with E-state index in [1.54, 1.807) is 18.9 Å². The molecule has 0 radical (unpaired) electrons. The molecule has 0 aliphatic carbocycles. The second kappa shape index (κ2) is 7.00. The number of amides is 1. The van der Waals surface area contributed by atoms with Gasteiger partial charge in [-0.1, -0.05) is 5.57 Å². The molecule has 0 rings (SSSR count). The van der Waals surface area contributed by atoms with E-state index in [0.29, 0.717) is 18.7 Å². The molecule has 86 valence electrons. The van der Waals surface area contributed by atoms with Crippen LogP contribution in [0.25, 0.3) is 0 Å². The van der Waals surface area contributed by atoms with Gasteiger partial charge in [-0.3, -0.25) is 9.69 Å². The lowest BCUT2D eigenvalue weighted by Gasteiger charge is -2.15. The Bertz CT molecular complexity index is 261. The van der Waals surface area contributed by atoms with Crippen LogP contribution in [0, 0.1) is 0 Å². The van der Waals surface area contributed by atoms with Gasteiger partial charge in [0.2, 0.25) is 5.91 Å². The second-order valence-electron chi connectivity index (χ2n) is 3.45. The first kappa shape index (κ1) is 13.6. The third kappa shape index (κ3) is 7.69. The molecule has 0 aliphatic rings. The van der Waals surface area contributed by atoms with Crippen molar-refractivity contribution in [3.63, 3.8) is 0 Å². The second-order valence-corrected chi connectivity index (χ2v) is 3.45. The topological polar surface area (TPSA) is 69.6 Å². The number of likely N-dealkylation sites (N-methyl/N-ethyl adjacent to an activating group) is 2. The van der Waals surface area contributed by atoms with Crippen LogP contribution >= 0.6 is 0 Å². The maximum Gasteiger partial charge on any atom is 0.328 e. The van der Waals surface area contributed by atoms with Crippen molar-refractivity contribution in [3.8, 4) is 0 Å². The molecule has 15 heavy (non-hydrogen) atoms. The van der Waals surface area contributed by atoms with Gasteiger partial charge in [0.05, 0.1) is 6.54 Å². The Morgan fingerprint density at radius 2 is 2.00 bits per heavy atom. The van der Waals surface area contributed by atoms with E-state index in [1.165, 1.54) is 0 Å². The molecule has 0 saturated carbocycles. The standard InChI is InChI=1S/C10H18N2O3/c1-4-11-9(13)7-12(3)6-8(2)5-10(14)15/h5H,4,6-7H2,1-3H3,(H,11,13)(H,14,15). The van der Waals surface area contributed by atoms with Crippen LogP contribution in [0.3, 0.4) is 0 Å². The summed E-state index contributed by atoms with van der Waals surface area (Å²) in [5.41, 5.74) is 0.717. The summed E-state index contributed by atoms with van der Waals surface area (Å²) in [4.78, 5) is 23.3. The van der Waals surface area contributed by atoms with E-state index in [4.69, 9.17) is 5.11 Å². The molecule has 0 aromatic carbocycles. The summed E-state index contributed by atoms with van der Waals surface area (Å²) < 4.78 is 0. The summed E-state index contributed by atoms with van der Waals surface area (Å²) >= 11 is 0. The number of nitrogens with one attached hydrogen (secondary N) is 1. The molecule has 0 saturated heterocycles. The maximum absolute atomic E-state index is 11.2. The molecule has 0 fully saturated rings. The minimum absolute atomic E-state index is 0.0527. The molecule has 0 aromatic rings. The Balaban J connectivity index is 3.98. The van der Waals surface area contributed by atoms with Gasteiger partial charge in [-0.2, -0.15) is 0 Å². The van der Waals surface area contributed by atoms with E-state index >= 15 is 0 Å². The fourth-order valence-electron chi connectivity index (χ4n) is 1.24. The average molecular weight is 214 g/mol. The molecule has 0 aliphatic heterocycles. The Hall–Kier alpha value is -1.36. The summed E-state index contributed by atoms with van der Waals surface area (Å²) in [6.45, 7) is 4.94. The zero-order valence-corrected chi connectivity index (χ0v) is 9.41. The van der Waals surface area contributed by atoms with E-state index in [2.05, 4.69) is 5.32 Å². The molecule has 5 heteroatoms. The molecular weight excluding hydrogens is 196 g/mol. The molecule has 0 atom stereocenters. The van der Waals surface area contributed by atoms with E-state index in [-0.39, 0.29) is 12.5 Å². The van der Waals surface area contributed by atoms with Crippen molar-refractivity contribution < 1.29 is 14.7 Å². The third-order valence-corrected chi connectivity index (χ3v) is 1.68. The highest BCUT2D eigenvalue weighted by molar-refractivity contribution is 5.80. The van der Waals surface area contributed by atoms with Crippen LogP contribution in [0.4, 0.5) is 0 Å². The molecular formula is C10H18N2O3. The lowest BCUT2D eigenvalue weighted by molar-refractivity contribution is -0.131. The molecule has 0 bridgehead atoms. The first-order valence-corrected chi connectivity index (χ1v) is 4.81. The summed E-state index contributed by atoms with van der Waals surface area (Å²) in [5.74, 6) is -1.01. The number of carboxylic acid groups (broad SMARTS) is 1. The van der Waals surface area contributed by atoms with E-state index in [1.807, 2.05) is 6.92 Å². The average Bonchev–Trinajstić information content (AvgIpc) is 2.00. The SMILES string of the molecule is CCNC(=O)CN(C)CC(C)=CC(=O)O. The predicted molar refractivity (Wildman–Crippen MR) is 57.6 cm³/mol. The normalized spacial score (nSPS) is 11.6. The highest BCUT2D eigenvalue weighted by Gasteiger charge is 2.05. The number of hydrogen-bond donors (Lipinski definition) is 2. The van der Waals surface area contributed by atoms with Crippen LogP contribution in [0.1, 0.15) is 13.8 Å². The van der Waals surface area contributed by atoms with Gasteiger partial charge in [-0.15, -0.1) is 0 Å². The Morgan fingerprint density at radius 1 is 1.40 bits per heavy atom. The number of rotatable bonds is 6. The predicted octanol–water partition coefficient (Wildman–Crippen LogP) is 0.0852. The highest BCUT2D eigenvalue weighted by atomic mass is 16.4. The van der Waals surface area contributed by atoms with E-state index in [0.717, 1.165) is 6.08 Å². The Kier molecular flexibility index (Phi) is 6.37. The van der Waals surface area contributed by atoms with E-state index < -0.39 is 5.97 Å². The minimum atomic E-state index is -0.959. The van der Waals surface area contributed by atoms with Crippen LogP contribution in [-0.2, 0) is 9.59 Å². The lowest BCUT2D eigenvalue weighted by atomic mass is 10.2. The van der Waals surface area contributed by atoms with Gasteiger partial charge in [0.1, 0.15) is 0 Å². The van der Waals surface area contributed by atoms with Crippen LogP contribution < -0.4 is 5.32 Å². The van der Waals surface area contributed by atoms with Crippen molar-refractivity contribution in [2.24, 2.45) is 0 Å². The van der Waals surface area contributed by atoms with Gasteiger partial charge < -0.3 is 10.4 Å². The fraction of sp³-hybridized carbons (Fsp3) is 0.600. The largest absolute Gasteiger partial charge is 0.478 e. The maximum atomic E-state index is 11.2. The van der Waals surface area contributed by atoms with Crippen molar-refractivity contribution >= 4 is 11.9 Å². The fourth-order valence-corrected chi connectivity index (χ4v) is 1.24. The zero-order chi connectivity index (χ0) is 11.8. The number of carbonyl (C=O) groups is 2. The monoisotopic (exact) mass is 214 g/mol. The van der Waals surface area contributed by atoms with Crippen LogP contribution in [0.15, 0.2) is 11.6 Å². The number of aliphatic carboxylic acids is 1. The molecule has 2 N–H and O–H groups in total. The quantitative estimate of drug-likeness (QED) is 0.615. The molecule has 0 aromatic heterocycles. The van der Waals surface area contributed by atoms with Crippen molar-refractivity contribution in [3.05, 3.63) is 11.6 Å². The summed E-state index contributed by atoms with van der Waals surface area (Å²) in [5, 5.41) is 11.2. The third-order valence-electron chi connectivity index (χ3n) is 1.68. The molecule has 0 spiro atoms. The van der Waals surface area contributed by atoms with Crippen LogP contribution in [0.2, 0.25) is 0 Å². The molecule has 0 unspecified atom stereocenters. The first-order chi connectivity index (χ1) is 6.95. The number of carboxylic acids is 1. The lowest BCUT2D eigenvalue weighted by Crippen LogP contribution is -2.35. The Morgan fingerprint density at radius 3 is 2.47 bits per heavy atom. The van der Waals surface area contributed by atoms with Gasteiger partial charge in [0.25, 0.3) is 0 Å². The number of nitrogens with zero attached hydrogens (tertiary/aromatic N) is 1. The van der Waals surface area contributed by atoms with Gasteiger partial charge in [-0.25, -0.2) is 4.79 Å². The van der Waals surface area contributed by atoms with Gasteiger partial charge in [0, 0.05) is 19.2 Å². The zero-order valence-electron chi connectivity index (χ0n) is 9.41. The van der Waals surface area contributed by atoms with Crippen molar-refractivity contribution in [2.45, 2.75) is 13.8 Å². The van der Waals surface area contributed by atoms with Gasteiger partial charge >= 0.3 is 5.97 Å². The number of carbonyl (C=O) groups excluding carboxylic acids is 1. The smallest absolute Gasteiger partial charge is 0.328 e. The summed E-state index contributed by atoms with van der Waals surface area (Å²) in [6.07, 6.45) is 1.15. The van der Waals surface area contributed by atoms with E-state index in [9.17, 15) is 9.59 Å². The molecule has 1 amide bonds. The minimum Gasteiger partial charge on any atom is -0.478 e. The highest BCUT2D eigenvalue weighted by Crippen LogP contribution is 1.95. The van der Waals surface area contributed by atoms with Crippen LogP contribution in [0.5, 0.6) is 0 Å². The first-order valence-electron chi connectivity index (χ1n) is 4.81. The molecule has 0 heterocycles. The van der Waals surface area contributed by atoms with Crippen LogP contribution in [-0.4, -0.2) is 48.6 Å². The number of hydrogen-bond acceptors (Lipinski definition) is 3.